The van der Waals surface area contributed by atoms with Crippen LogP contribution in [0.15, 0.2) is 0 Å². The Bertz CT molecular complexity index is 68.0. The van der Waals surface area contributed by atoms with E-state index in [0.29, 0.717) is 0 Å². The van der Waals surface area contributed by atoms with E-state index in [1.54, 1.807) is 0 Å². The van der Waals surface area contributed by atoms with Gasteiger partial charge in [0, 0.05) is 0 Å². The zero-order chi connectivity index (χ0) is 6.41. The van der Waals surface area contributed by atoms with Crippen LogP contribution in [0.1, 0.15) is 0 Å². The molecule has 0 aliphatic carbocycles. The lowest BCUT2D eigenvalue weighted by Gasteiger charge is -1.96. The molecule has 0 heterocycles. The third-order valence-electron chi connectivity index (χ3n) is 0.258. The summed E-state index contributed by atoms with van der Waals surface area (Å²) in [6.45, 7) is 0. The van der Waals surface area contributed by atoms with Crippen LogP contribution in [0.2, 0.25) is 0 Å². The number of hydrogen-bond donors (Lipinski definition) is 6. The second-order valence-corrected chi connectivity index (χ2v) is 0.637. The van der Waals surface area contributed by atoms with E-state index in [0.717, 1.165) is 11.3 Å². The predicted octanol–water partition coefficient (Wildman–Crippen LogP) is -0.749. The molecule has 10 heavy (non-hydrogen) atoms. The van der Waals surface area contributed by atoms with Crippen LogP contribution >= 0.6 is 0 Å². The smallest absolute Gasteiger partial charge is 0.344 e. The molecule has 0 saturated carbocycles. The lowest BCUT2D eigenvalue weighted by molar-refractivity contribution is -0.152. The Morgan fingerprint density at radius 3 is 1.60 bits per heavy atom. The molecule has 0 aromatic rings. The van der Waals surface area contributed by atoms with Crippen LogP contribution in [0.5, 0.6) is 0 Å². The van der Waals surface area contributed by atoms with E-state index in [1.807, 2.05) is 0 Å². The molecular weight excluding hydrogens is 148 g/mol. The normalized spacial score (nSPS) is 6.60. The molecule has 0 fully saturated rings. The molecule has 0 atom stereocenters. The molecule has 64 valence electrons. The number of carbonyl (C=O) groups is 1. The summed E-state index contributed by atoms with van der Waals surface area (Å²) in [6, 6.07) is 0. The van der Waals surface area contributed by atoms with Crippen molar-refractivity contribution >= 4 is 6.16 Å². The van der Waals surface area contributed by atoms with Crippen molar-refractivity contribution in [3.8, 4) is 0 Å². The SMILES string of the molecule is N.N.O=C(ONO)ONO. The minimum absolute atomic E-state index is 0. The van der Waals surface area contributed by atoms with Gasteiger partial charge in [-0.05, 0) is 11.3 Å². The Labute approximate surface area is 55.9 Å². The van der Waals surface area contributed by atoms with E-state index in [-0.39, 0.29) is 12.3 Å². The van der Waals surface area contributed by atoms with Gasteiger partial charge >= 0.3 is 6.16 Å². The maximum absolute atomic E-state index is 9.75. The summed E-state index contributed by atoms with van der Waals surface area (Å²) < 4.78 is 0. The largest absolute Gasteiger partial charge is 0.551 e. The maximum atomic E-state index is 9.75. The van der Waals surface area contributed by atoms with Gasteiger partial charge in [0.15, 0.2) is 0 Å². The van der Waals surface area contributed by atoms with Crippen molar-refractivity contribution in [3.63, 3.8) is 0 Å². The predicted molar refractivity (Wildman–Crippen MR) is 27.5 cm³/mol. The summed E-state index contributed by atoms with van der Waals surface area (Å²) in [5.74, 6) is 0. The number of hydrogen-bond acceptors (Lipinski definition) is 9. The summed E-state index contributed by atoms with van der Waals surface area (Å²) in [5.41, 5.74) is 2.05. The first kappa shape index (κ1) is 16.0. The second kappa shape index (κ2) is 10.9. The van der Waals surface area contributed by atoms with Gasteiger partial charge in [0.1, 0.15) is 0 Å². The van der Waals surface area contributed by atoms with E-state index in [1.165, 1.54) is 0 Å². The van der Waals surface area contributed by atoms with Crippen molar-refractivity contribution in [3.05, 3.63) is 0 Å². The van der Waals surface area contributed by atoms with Gasteiger partial charge in [-0.3, -0.25) is 10.4 Å². The average Bonchev–Trinajstić information content (AvgIpc) is 1.68. The topological polar surface area (TPSA) is 170 Å². The van der Waals surface area contributed by atoms with E-state index < -0.39 is 6.16 Å². The molecule has 0 aromatic carbocycles. The minimum Gasteiger partial charge on any atom is -0.344 e. The first-order valence-electron chi connectivity index (χ1n) is 1.47. The Morgan fingerprint density at radius 2 is 1.40 bits per heavy atom. The van der Waals surface area contributed by atoms with E-state index in [4.69, 9.17) is 10.4 Å². The summed E-state index contributed by atoms with van der Waals surface area (Å²) in [5, 5.41) is 15.2. The molecule has 0 aromatic heterocycles. The molecule has 0 saturated heterocycles. The van der Waals surface area contributed by atoms with E-state index in [2.05, 4.69) is 9.68 Å². The van der Waals surface area contributed by atoms with Crippen molar-refractivity contribution in [2.24, 2.45) is 0 Å². The highest BCUT2D eigenvalue weighted by Gasteiger charge is 1.99. The lowest BCUT2D eigenvalue weighted by atomic mass is 11.4. The summed E-state index contributed by atoms with van der Waals surface area (Å²) in [6.07, 6.45) is -1.31. The van der Waals surface area contributed by atoms with Crippen LogP contribution in [0.4, 0.5) is 4.79 Å². The van der Waals surface area contributed by atoms with Crippen LogP contribution < -0.4 is 23.6 Å². The molecule has 9 heteroatoms. The van der Waals surface area contributed by atoms with Crippen LogP contribution in [0.25, 0.3) is 0 Å². The summed E-state index contributed by atoms with van der Waals surface area (Å²) in [7, 11) is 0. The van der Waals surface area contributed by atoms with Crippen molar-refractivity contribution in [2.45, 2.75) is 0 Å². The molecule has 0 bridgehead atoms. The van der Waals surface area contributed by atoms with Crippen LogP contribution in [0.3, 0.4) is 0 Å². The van der Waals surface area contributed by atoms with Gasteiger partial charge in [-0.2, -0.15) is 4.79 Å². The van der Waals surface area contributed by atoms with Gasteiger partial charge in [-0.25, -0.2) is 0 Å². The van der Waals surface area contributed by atoms with Gasteiger partial charge in [0.05, 0.1) is 0 Å². The Balaban J connectivity index is -0.000000245. The number of nitrogens with one attached hydrogen (secondary N) is 2. The van der Waals surface area contributed by atoms with E-state index in [9.17, 15) is 4.79 Å². The molecule has 9 nitrogen and oxygen atoms in total. The summed E-state index contributed by atoms with van der Waals surface area (Å²) >= 11 is 0. The second-order valence-electron chi connectivity index (χ2n) is 0.637. The molecule has 0 radical (unpaired) electrons. The van der Waals surface area contributed by atoms with Gasteiger partial charge in [0.2, 0.25) is 0 Å². The molecule has 0 rings (SSSR count). The van der Waals surface area contributed by atoms with Crippen LogP contribution in [0, 0.1) is 0 Å². The number of rotatable bonds is 2. The third-order valence-corrected chi connectivity index (χ3v) is 0.258. The Hall–Kier alpha value is -0.970. The molecule has 0 unspecified atom stereocenters. The van der Waals surface area contributed by atoms with Gasteiger partial charge < -0.3 is 22.0 Å². The Kier molecular flexibility index (Phi) is 17.5. The van der Waals surface area contributed by atoms with Crippen molar-refractivity contribution in [2.75, 3.05) is 0 Å². The quantitative estimate of drug-likeness (QED) is 0.283. The fourth-order valence-electron chi connectivity index (χ4n) is 0.0954. The van der Waals surface area contributed by atoms with Crippen molar-refractivity contribution < 1.29 is 24.9 Å². The van der Waals surface area contributed by atoms with Gasteiger partial charge in [-0.1, -0.05) is 0 Å². The highest BCUT2D eigenvalue weighted by atomic mass is 17.0. The standard InChI is InChI=1S/CH4N2O5.2H3N/c4-1(7-2-5)8-3-6;;/h2-3,5-6H;2*1H3. The average molecular weight is 158 g/mol. The maximum Gasteiger partial charge on any atom is 0.551 e. The molecule has 0 aliphatic rings. The third kappa shape index (κ3) is 10.1. The Morgan fingerprint density at radius 1 is 1.10 bits per heavy atom. The first-order chi connectivity index (χ1) is 3.81. The molecular formula is CH10N4O5. The zero-order valence-corrected chi connectivity index (χ0v) is 5.03. The highest BCUT2D eigenvalue weighted by Crippen LogP contribution is 1.72. The van der Waals surface area contributed by atoms with Crippen molar-refractivity contribution in [1.29, 1.82) is 0 Å². The van der Waals surface area contributed by atoms with Gasteiger partial charge in [-0.15, -0.1) is 0 Å². The van der Waals surface area contributed by atoms with Crippen LogP contribution in [-0.4, -0.2) is 16.6 Å². The van der Waals surface area contributed by atoms with E-state index >= 15 is 0 Å². The molecule has 0 aliphatic heterocycles. The fraction of sp³-hybridized carbons (Fsp3) is 0. The van der Waals surface area contributed by atoms with Gasteiger partial charge in [0.25, 0.3) is 0 Å². The number of carbonyl (C=O) groups excluding carboxylic acids is 1. The first-order valence-corrected chi connectivity index (χ1v) is 1.47. The monoisotopic (exact) mass is 158 g/mol. The van der Waals surface area contributed by atoms with Crippen LogP contribution in [-0.2, 0) is 9.68 Å². The molecule has 10 N–H and O–H groups in total. The van der Waals surface area contributed by atoms with Crippen molar-refractivity contribution in [1.82, 2.24) is 23.6 Å². The highest BCUT2D eigenvalue weighted by molar-refractivity contribution is 5.58. The minimum atomic E-state index is -1.31. The lowest BCUT2D eigenvalue weighted by Crippen LogP contribution is -2.22. The molecule has 0 amide bonds. The molecule has 0 spiro atoms. The zero-order valence-electron chi connectivity index (χ0n) is 5.03. The fourth-order valence-corrected chi connectivity index (χ4v) is 0.0954. The summed E-state index contributed by atoms with van der Waals surface area (Å²) in [4.78, 5) is 16.8.